The van der Waals surface area contributed by atoms with E-state index in [1.54, 1.807) is 0 Å². The van der Waals surface area contributed by atoms with Gasteiger partial charge in [-0.3, -0.25) is 0 Å². The average molecular weight is 339 g/mol. The molecule has 0 radical (unpaired) electrons. The van der Waals surface area contributed by atoms with Crippen molar-refractivity contribution < 1.29 is 9.18 Å². The predicted octanol–water partition coefficient (Wildman–Crippen LogP) is 5.11. The monoisotopic (exact) mass is 339 g/mol. The molecule has 1 aliphatic carbocycles. The molecule has 1 amide bonds. The van der Waals surface area contributed by atoms with Crippen molar-refractivity contribution in [3.63, 3.8) is 0 Å². The van der Waals surface area contributed by atoms with Crippen molar-refractivity contribution in [2.24, 2.45) is 0 Å². The standard InChI is InChI=1S/C19H31FNOP/c1-6-23(7-2,8-3)19(10-9-11-19)18(22)21-17-14(4)12-16(20)13-15(17)5/h12-13,23H,6-11H2,1-5H3,(H,21,22). The van der Waals surface area contributed by atoms with E-state index in [2.05, 4.69) is 26.1 Å². The zero-order valence-electron chi connectivity index (χ0n) is 15.2. The van der Waals surface area contributed by atoms with E-state index in [4.69, 9.17) is 0 Å². The van der Waals surface area contributed by atoms with Gasteiger partial charge in [0.25, 0.3) is 0 Å². The van der Waals surface area contributed by atoms with Gasteiger partial charge in [-0.2, -0.15) is 0 Å². The summed E-state index contributed by atoms with van der Waals surface area (Å²) in [5, 5.41) is 3.06. The first-order valence-electron chi connectivity index (χ1n) is 8.94. The number of nitrogens with one attached hydrogen (secondary N) is 1. The van der Waals surface area contributed by atoms with Gasteiger partial charge in [0.15, 0.2) is 0 Å². The maximum absolute atomic E-state index is 13.5. The molecule has 0 aromatic heterocycles. The van der Waals surface area contributed by atoms with E-state index in [-0.39, 0.29) is 16.9 Å². The Morgan fingerprint density at radius 1 is 1.13 bits per heavy atom. The molecule has 0 heterocycles. The van der Waals surface area contributed by atoms with Crippen LogP contribution in [0, 0.1) is 19.7 Å². The Kier molecular flexibility index (Phi) is 5.51. The summed E-state index contributed by atoms with van der Waals surface area (Å²) in [5.41, 5.74) is 2.41. The molecule has 0 unspecified atom stereocenters. The fourth-order valence-corrected chi connectivity index (χ4v) is 10.1. The molecule has 2 nitrogen and oxygen atoms in total. The van der Waals surface area contributed by atoms with Crippen LogP contribution in [0.1, 0.15) is 51.2 Å². The summed E-state index contributed by atoms with van der Waals surface area (Å²) in [6, 6.07) is 3.00. The van der Waals surface area contributed by atoms with Crippen LogP contribution in [0.2, 0.25) is 0 Å². The molecule has 1 N–H and O–H groups in total. The molecule has 130 valence electrons. The zero-order chi connectivity index (χ0) is 17.3. The van der Waals surface area contributed by atoms with Crippen LogP contribution >= 0.6 is 7.26 Å². The number of hydrogen-bond acceptors (Lipinski definition) is 1. The number of rotatable bonds is 6. The van der Waals surface area contributed by atoms with Crippen molar-refractivity contribution in [3.8, 4) is 0 Å². The Bertz CT molecular complexity index is 560. The molecule has 1 aromatic rings. The van der Waals surface area contributed by atoms with E-state index in [1.165, 1.54) is 12.1 Å². The second-order valence-corrected chi connectivity index (χ2v) is 12.8. The van der Waals surface area contributed by atoms with Gasteiger partial charge >= 0.3 is 140 Å². The van der Waals surface area contributed by atoms with Crippen LogP contribution in [-0.4, -0.2) is 29.5 Å². The van der Waals surface area contributed by atoms with Gasteiger partial charge in [0.05, 0.1) is 0 Å². The number of carbonyl (C=O) groups excluding carboxylic acids is 1. The minimum absolute atomic E-state index is 0.126. The van der Waals surface area contributed by atoms with E-state index in [0.29, 0.717) is 0 Å². The number of halogens is 1. The zero-order valence-corrected chi connectivity index (χ0v) is 16.2. The summed E-state index contributed by atoms with van der Waals surface area (Å²) in [4.78, 5) is 13.3. The Morgan fingerprint density at radius 3 is 1.96 bits per heavy atom. The molecule has 0 spiro atoms. The quantitative estimate of drug-likeness (QED) is 0.717. The van der Waals surface area contributed by atoms with Crippen molar-refractivity contribution in [1.82, 2.24) is 0 Å². The number of amides is 1. The fourth-order valence-electron chi connectivity index (χ4n) is 4.63. The summed E-state index contributed by atoms with van der Waals surface area (Å²) in [5.74, 6) is -0.0467. The summed E-state index contributed by atoms with van der Waals surface area (Å²) in [6.45, 7) is 10.5. The Labute approximate surface area is 140 Å². The van der Waals surface area contributed by atoms with E-state index >= 15 is 0 Å². The third kappa shape index (κ3) is 2.93. The average Bonchev–Trinajstić information content (AvgIpc) is 2.46. The van der Waals surface area contributed by atoms with Crippen LogP contribution in [0.4, 0.5) is 10.1 Å². The van der Waals surface area contributed by atoms with Gasteiger partial charge in [-0.15, -0.1) is 0 Å². The second kappa shape index (κ2) is 6.89. The molecule has 0 bridgehead atoms. The van der Waals surface area contributed by atoms with Gasteiger partial charge in [-0.25, -0.2) is 0 Å². The Balaban J connectivity index is 2.35. The third-order valence-electron chi connectivity index (χ3n) is 6.42. The van der Waals surface area contributed by atoms with Crippen molar-refractivity contribution >= 4 is 18.9 Å². The van der Waals surface area contributed by atoms with Crippen molar-refractivity contribution in [3.05, 3.63) is 29.1 Å². The minimum atomic E-state index is -1.63. The molecule has 0 atom stereocenters. The van der Waals surface area contributed by atoms with E-state index < -0.39 is 7.26 Å². The number of aryl methyl sites for hydroxylation is 2. The summed E-state index contributed by atoms with van der Waals surface area (Å²) >= 11 is 0. The van der Waals surface area contributed by atoms with Crippen molar-refractivity contribution in [1.29, 1.82) is 0 Å². The molecule has 1 fully saturated rings. The van der Waals surface area contributed by atoms with E-state index in [1.807, 2.05) is 13.8 Å². The molecule has 4 heteroatoms. The van der Waals surface area contributed by atoms with Crippen molar-refractivity contribution in [2.75, 3.05) is 23.8 Å². The van der Waals surface area contributed by atoms with Gasteiger partial charge in [-0.05, 0) is 0 Å². The molecule has 1 aromatic carbocycles. The van der Waals surface area contributed by atoms with Gasteiger partial charge < -0.3 is 0 Å². The fraction of sp³-hybridized carbons (Fsp3) is 0.632. The number of anilines is 1. The van der Waals surface area contributed by atoms with Gasteiger partial charge in [0, 0.05) is 0 Å². The summed E-state index contributed by atoms with van der Waals surface area (Å²) < 4.78 is 13.5. The van der Waals surface area contributed by atoms with E-state index in [9.17, 15) is 9.18 Å². The molecular weight excluding hydrogens is 308 g/mol. The molecule has 0 aliphatic heterocycles. The third-order valence-corrected chi connectivity index (χ3v) is 13.2. The molecule has 0 saturated heterocycles. The normalized spacial score (nSPS) is 17.5. The molecule has 2 rings (SSSR count). The predicted molar refractivity (Wildman–Crippen MR) is 101 cm³/mol. The second-order valence-electron chi connectivity index (χ2n) is 7.15. The number of benzene rings is 1. The van der Waals surface area contributed by atoms with Crippen LogP contribution in [-0.2, 0) is 4.79 Å². The Morgan fingerprint density at radius 2 is 1.61 bits per heavy atom. The van der Waals surface area contributed by atoms with Crippen LogP contribution in [0.5, 0.6) is 0 Å². The van der Waals surface area contributed by atoms with Crippen LogP contribution in [0.3, 0.4) is 0 Å². The van der Waals surface area contributed by atoms with Gasteiger partial charge in [-0.1, -0.05) is 0 Å². The molecule has 23 heavy (non-hydrogen) atoms. The summed E-state index contributed by atoms with van der Waals surface area (Å²) in [6.07, 6.45) is 6.70. The molecule has 1 aliphatic rings. The number of hydrogen-bond donors (Lipinski definition) is 1. The SMILES string of the molecule is CC[PH](CC)(CC)C1(C(=O)Nc2c(C)cc(F)cc2C)CCC1. The van der Waals surface area contributed by atoms with Gasteiger partial charge in [0.1, 0.15) is 0 Å². The topological polar surface area (TPSA) is 29.1 Å². The summed E-state index contributed by atoms with van der Waals surface area (Å²) in [7, 11) is -1.63. The van der Waals surface area contributed by atoms with E-state index in [0.717, 1.165) is 54.6 Å². The van der Waals surface area contributed by atoms with Crippen LogP contribution in [0.25, 0.3) is 0 Å². The van der Waals surface area contributed by atoms with Crippen LogP contribution < -0.4 is 5.32 Å². The van der Waals surface area contributed by atoms with Gasteiger partial charge in [0.2, 0.25) is 0 Å². The first-order chi connectivity index (χ1) is 10.9. The molecular formula is C19H31FNOP. The maximum atomic E-state index is 13.5. The first-order valence-corrected chi connectivity index (χ1v) is 11.6. The van der Waals surface area contributed by atoms with Crippen molar-refractivity contribution in [2.45, 2.75) is 59.0 Å². The first kappa shape index (κ1) is 18.4. The van der Waals surface area contributed by atoms with Crippen LogP contribution in [0.15, 0.2) is 12.1 Å². The molecule has 1 saturated carbocycles. The number of carbonyl (C=O) groups is 1. The Hall–Kier alpha value is -0.950.